The number of ether oxygens (including phenoxy) is 2. The fraction of sp³-hybridized carbons (Fsp3) is 0.951. The quantitative estimate of drug-likeness (QED) is 0.0268. The molecular weight excluding hydrogens is 890 g/mol. The van der Waals surface area contributed by atoms with Crippen LogP contribution < -0.4 is 5.73 Å². The smallest absolute Gasteiger partial charge is 0.457 e. The Labute approximate surface area is 436 Å². The summed E-state index contributed by atoms with van der Waals surface area (Å²) in [5, 5.41) is 0. The number of hydrogen-bond acceptors (Lipinski definition) is 7. The van der Waals surface area contributed by atoms with Crippen molar-refractivity contribution in [3.63, 3.8) is 0 Å². The van der Waals surface area contributed by atoms with E-state index in [0.29, 0.717) is 13.0 Å². The van der Waals surface area contributed by atoms with E-state index in [2.05, 4.69) is 26.0 Å². The highest BCUT2D eigenvalue weighted by atomic mass is 31.2. The fourth-order valence-electron chi connectivity index (χ4n) is 9.59. The lowest BCUT2D eigenvalue weighted by Gasteiger charge is -2.20. The van der Waals surface area contributed by atoms with Crippen molar-refractivity contribution in [1.29, 1.82) is 0 Å². The minimum absolute atomic E-state index is 0.0910. The molecule has 9 heteroatoms. The Morgan fingerprint density at radius 1 is 0.414 bits per heavy atom. The third-order valence-corrected chi connectivity index (χ3v) is 15.2. The average Bonchev–Trinajstić information content (AvgIpc) is 3.35. The summed E-state index contributed by atoms with van der Waals surface area (Å²) >= 11 is 0. The van der Waals surface area contributed by atoms with Crippen LogP contribution in [0, 0.1) is 0 Å². The number of carbonyl (C=O) groups excluding carboxylic acids is 1. The second-order valence-corrected chi connectivity index (χ2v) is 22.7. The lowest BCUT2D eigenvalue weighted by Crippen LogP contribution is -2.28. The van der Waals surface area contributed by atoms with Crippen molar-refractivity contribution in [1.82, 2.24) is 0 Å². The van der Waals surface area contributed by atoms with Gasteiger partial charge in [-0.1, -0.05) is 302 Å². The molecule has 8 nitrogen and oxygen atoms in total. The summed E-state index contributed by atoms with van der Waals surface area (Å²) in [5.74, 6) is -0.321. The molecule has 0 radical (unpaired) electrons. The summed E-state index contributed by atoms with van der Waals surface area (Å²) < 4.78 is 33.8. The van der Waals surface area contributed by atoms with Crippen LogP contribution in [0.15, 0.2) is 12.2 Å². The molecule has 0 aliphatic carbocycles. The second kappa shape index (κ2) is 59.1. The number of nitrogens with two attached hydrogens (primary N) is 1. The SMILES string of the molecule is CCCCCCCCCC/C=C\CCCCCCCCCCCCCCCC(=O)OC(COCCCCCCCCCCCCCCCCCCCCCCCCCCCC)COP(=O)(O)OCCN. The summed E-state index contributed by atoms with van der Waals surface area (Å²) in [7, 11) is -4.28. The molecule has 0 amide bonds. The maximum Gasteiger partial charge on any atom is 0.472 e. The van der Waals surface area contributed by atoms with Gasteiger partial charge in [0.25, 0.3) is 0 Å². The molecular formula is C61H122NO7P. The molecule has 0 aromatic carbocycles. The first-order valence-electron chi connectivity index (χ1n) is 31.2. The van der Waals surface area contributed by atoms with E-state index in [1.54, 1.807) is 0 Å². The molecule has 2 unspecified atom stereocenters. The van der Waals surface area contributed by atoms with Crippen molar-refractivity contribution in [2.75, 3.05) is 33.0 Å². The summed E-state index contributed by atoms with van der Waals surface area (Å²) in [5.41, 5.74) is 5.41. The molecule has 0 bridgehead atoms. The van der Waals surface area contributed by atoms with E-state index in [1.165, 1.54) is 283 Å². The van der Waals surface area contributed by atoms with E-state index in [9.17, 15) is 14.3 Å². The molecule has 3 N–H and O–H groups in total. The number of rotatable bonds is 61. The largest absolute Gasteiger partial charge is 0.472 e. The topological polar surface area (TPSA) is 117 Å². The van der Waals surface area contributed by atoms with E-state index in [4.69, 9.17) is 24.3 Å². The monoisotopic (exact) mass is 1010 g/mol. The van der Waals surface area contributed by atoms with Crippen molar-refractivity contribution >= 4 is 13.8 Å². The molecule has 0 saturated heterocycles. The van der Waals surface area contributed by atoms with E-state index >= 15 is 0 Å². The maximum atomic E-state index is 12.7. The first-order chi connectivity index (χ1) is 34.4. The first kappa shape index (κ1) is 69.2. The van der Waals surface area contributed by atoms with Crippen LogP contribution in [0.1, 0.15) is 335 Å². The lowest BCUT2D eigenvalue weighted by atomic mass is 10.0. The zero-order chi connectivity index (χ0) is 50.8. The van der Waals surface area contributed by atoms with Gasteiger partial charge in [0.1, 0.15) is 6.10 Å². The van der Waals surface area contributed by atoms with Crippen molar-refractivity contribution in [2.24, 2.45) is 5.73 Å². The number of carbonyl (C=O) groups is 1. The Morgan fingerprint density at radius 3 is 1.04 bits per heavy atom. The summed E-state index contributed by atoms with van der Waals surface area (Å²) in [4.78, 5) is 22.7. The van der Waals surface area contributed by atoms with E-state index in [-0.39, 0.29) is 32.3 Å². The van der Waals surface area contributed by atoms with Gasteiger partial charge >= 0.3 is 13.8 Å². The molecule has 0 aliphatic rings. The Hall–Kier alpha value is -0.760. The van der Waals surface area contributed by atoms with Crippen LogP contribution in [-0.4, -0.2) is 49.9 Å². The van der Waals surface area contributed by atoms with Gasteiger partial charge in [0.15, 0.2) is 0 Å². The molecule has 2 atom stereocenters. The Morgan fingerprint density at radius 2 is 0.714 bits per heavy atom. The van der Waals surface area contributed by atoms with Gasteiger partial charge in [0.2, 0.25) is 0 Å². The predicted molar refractivity (Wildman–Crippen MR) is 303 cm³/mol. The van der Waals surface area contributed by atoms with Gasteiger partial charge in [0.05, 0.1) is 19.8 Å². The zero-order valence-electron chi connectivity index (χ0n) is 47.0. The predicted octanol–water partition coefficient (Wildman–Crippen LogP) is 20.1. The molecule has 418 valence electrons. The first-order valence-corrected chi connectivity index (χ1v) is 32.7. The number of esters is 1. The Balaban J connectivity index is 3.79. The molecule has 0 rings (SSSR count). The molecule has 0 fully saturated rings. The minimum Gasteiger partial charge on any atom is -0.457 e. The highest BCUT2D eigenvalue weighted by molar-refractivity contribution is 7.47. The fourth-order valence-corrected chi connectivity index (χ4v) is 10.4. The van der Waals surface area contributed by atoms with E-state index in [1.807, 2.05) is 0 Å². The van der Waals surface area contributed by atoms with Crippen LogP contribution in [0.25, 0.3) is 0 Å². The molecule has 0 heterocycles. The number of unbranched alkanes of at least 4 members (excludes halogenated alkanes) is 46. The molecule has 70 heavy (non-hydrogen) atoms. The minimum atomic E-state index is -4.28. The number of phosphoric ester groups is 1. The number of phosphoric acid groups is 1. The number of hydrogen-bond donors (Lipinski definition) is 2. The average molecular weight is 1010 g/mol. The van der Waals surface area contributed by atoms with Crippen LogP contribution in [0.2, 0.25) is 0 Å². The van der Waals surface area contributed by atoms with Gasteiger partial charge in [-0.15, -0.1) is 0 Å². The Kier molecular flexibility index (Phi) is 58.5. The van der Waals surface area contributed by atoms with Gasteiger partial charge in [-0.25, -0.2) is 4.57 Å². The van der Waals surface area contributed by atoms with Gasteiger partial charge in [-0.2, -0.15) is 0 Å². The van der Waals surface area contributed by atoms with Crippen LogP contribution in [-0.2, 0) is 27.9 Å². The van der Waals surface area contributed by atoms with Gasteiger partial charge < -0.3 is 20.1 Å². The number of allylic oxidation sites excluding steroid dienone is 2. The highest BCUT2D eigenvalue weighted by Gasteiger charge is 2.25. The van der Waals surface area contributed by atoms with Crippen LogP contribution in [0.3, 0.4) is 0 Å². The lowest BCUT2D eigenvalue weighted by molar-refractivity contribution is -0.154. The van der Waals surface area contributed by atoms with Gasteiger partial charge in [-0.3, -0.25) is 13.8 Å². The second-order valence-electron chi connectivity index (χ2n) is 21.3. The zero-order valence-corrected chi connectivity index (χ0v) is 47.9. The normalized spacial score (nSPS) is 13.1. The van der Waals surface area contributed by atoms with Crippen LogP contribution in [0.5, 0.6) is 0 Å². The van der Waals surface area contributed by atoms with Gasteiger partial charge in [0, 0.05) is 19.6 Å². The van der Waals surface area contributed by atoms with Crippen LogP contribution in [0.4, 0.5) is 0 Å². The maximum absolute atomic E-state index is 12.7. The summed E-state index contributed by atoms with van der Waals surface area (Å²) in [6, 6.07) is 0. The van der Waals surface area contributed by atoms with E-state index < -0.39 is 13.9 Å². The van der Waals surface area contributed by atoms with Crippen LogP contribution >= 0.6 is 7.82 Å². The third kappa shape index (κ3) is 58.1. The molecule has 0 aliphatic heterocycles. The van der Waals surface area contributed by atoms with Crippen molar-refractivity contribution in [3.8, 4) is 0 Å². The van der Waals surface area contributed by atoms with Crippen molar-refractivity contribution in [2.45, 2.75) is 341 Å². The highest BCUT2D eigenvalue weighted by Crippen LogP contribution is 2.43. The molecule has 0 spiro atoms. The van der Waals surface area contributed by atoms with Gasteiger partial charge in [-0.05, 0) is 38.5 Å². The molecule has 0 aromatic heterocycles. The Bertz CT molecular complexity index is 1090. The molecule has 0 aromatic rings. The van der Waals surface area contributed by atoms with Crippen molar-refractivity contribution in [3.05, 3.63) is 12.2 Å². The standard InChI is InChI=1S/C61H122NO7P/c1-3-5-7-9-11-13-15-17-19-21-23-25-27-29-31-33-35-37-39-41-43-45-47-49-51-53-56-66-58-60(59-68-70(64,65)67-57-55-62)69-61(63)54-52-50-48-46-44-42-40-38-36-34-32-30-28-26-24-22-20-18-16-14-12-10-8-6-4-2/h22,24,60H,3-21,23,25-59,62H2,1-2H3,(H,64,65)/b24-22-. The summed E-state index contributed by atoms with van der Waals surface area (Å²) in [6.45, 7) is 5.02. The van der Waals surface area contributed by atoms with E-state index in [0.717, 1.165) is 32.1 Å². The third-order valence-electron chi connectivity index (χ3n) is 14.2. The summed E-state index contributed by atoms with van der Waals surface area (Å²) in [6.07, 6.45) is 70.0. The molecule has 0 saturated carbocycles. The van der Waals surface area contributed by atoms with Crippen molar-refractivity contribution < 1.29 is 32.8 Å².